The van der Waals surface area contributed by atoms with Gasteiger partial charge in [0.1, 0.15) is 0 Å². The number of fused-ring (bicyclic) bond motifs is 2. The number of ether oxygens (including phenoxy) is 6. The molecule has 0 spiro atoms. The molecule has 0 saturated carbocycles. The zero-order valence-electron chi connectivity index (χ0n) is 23.5. The highest BCUT2D eigenvalue weighted by Crippen LogP contribution is 2.21. The maximum Gasteiger partial charge on any atom is 0.341 e. The molecule has 0 saturated heterocycles. The molecule has 12 heteroatoms. The molecule has 0 N–H and O–H groups in total. The van der Waals surface area contributed by atoms with E-state index >= 15 is 0 Å². The first-order valence-corrected chi connectivity index (χ1v) is 13.0. The topological polar surface area (TPSA) is 158 Å². The average molecular weight is 613 g/mol. The normalized spacial score (nSPS) is 10.3. The van der Waals surface area contributed by atoms with Crippen LogP contribution in [0.3, 0.4) is 0 Å². The van der Waals surface area contributed by atoms with Crippen molar-refractivity contribution in [3.63, 3.8) is 0 Å². The van der Waals surface area contributed by atoms with Crippen LogP contribution in [0.4, 0.5) is 0 Å². The molecule has 0 aliphatic rings. The van der Waals surface area contributed by atoms with Gasteiger partial charge in [-0.15, -0.1) is 0 Å². The van der Waals surface area contributed by atoms with Crippen LogP contribution in [0.5, 0.6) is 0 Å². The van der Waals surface area contributed by atoms with E-state index in [-0.39, 0.29) is 22.3 Å². The molecule has 4 rings (SSSR count). The first-order valence-electron chi connectivity index (χ1n) is 13.0. The molecule has 45 heavy (non-hydrogen) atoms. The van der Waals surface area contributed by atoms with Crippen LogP contribution in [-0.4, -0.2) is 56.2 Å². The fourth-order valence-electron chi connectivity index (χ4n) is 3.87. The molecule has 0 fully saturated rings. The summed E-state index contributed by atoms with van der Waals surface area (Å²) in [6, 6.07) is 18.5. The summed E-state index contributed by atoms with van der Waals surface area (Å²) in [5.41, 5.74) is 0.785. The van der Waals surface area contributed by atoms with Gasteiger partial charge >= 0.3 is 35.8 Å². The first kappa shape index (κ1) is 31.6. The van der Waals surface area contributed by atoms with Crippen molar-refractivity contribution >= 4 is 57.4 Å². The molecule has 0 aliphatic carbocycles. The lowest BCUT2D eigenvalue weighted by Crippen LogP contribution is -2.13. The second-order valence-electron chi connectivity index (χ2n) is 8.97. The standard InChI is InChI=1S/C33H24O12/c1-3-28(34)40-17-42-30(36)24-9-5-22-15-26(11-7-20(22)13-24)32(38)44-19-45-33(39)27-12-8-21-14-25(10-6-23(21)16-27)31(37)43-18-41-29(35)4-2/h3-16H,1-2,17-19H2. The molecule has 0 amide bonds. The number of rotatable bonds is 12. The molecular weight excluding hydrogens is 588 g/mol. The van der Waals surface area contributed by atoms with Gasteiger partial charge in [0.2, 0.25) is 20.4 Å². The van der Waals surface area contributed by atoms with Gasteiger partial charge in [0.05, 0.1) is 22.3 Å². The molecule has 0 radical (unpaired) electrons. The summed E-state index contributed by atoms with van der Waals surface area (Å²) in [6.45, 7) is 4.72. The molecule has 4 aromatic rings. The third-order valence-corrected chi connectivity index (χ3v) is 6.12. The summed E-state index contributed by atoms with van der Waals surface area (Å²) >= 11 is 0. The van der Waals surface area contributed by atoms with E-state index < -0.39 is 56.2 Å². The first-order chi connectivity index (χ1) is 21.7. The number of carbonyl (C=O) groups is 6. The van der Waals surface area contributed by atoms with Gasteiger partial charge in [-0.1, -0.05) is 37.4 Å². The molecule has 0 atom stereocenters. The summed E-state index contributed by atoms with van der Waals surface area (Å²) < 4.78 is 29.2. The number of esters is 6. The van der Waals surface area contributed by atoms with Crippen LogP contribution < -0.4 is 0 Å². The van der Waals surface area contributed by atoms with Crippen molar-refractivity contribution < 1.29 is 57.2 Å². The Balaban J connectivity index is 1.29. The van der Waals surface area contributed by atoms with Crippen LogP contribution in [0.2, 0.25) is 0 Å². The van der Waals surface area contributed by atoms with E-state index in [1.54, 1.807) is 48.5 Å². The highest BCUT2D eigenvalue weighted by atomic mass is 16.7. The van der Waals surface area contributed by atoms with Gasteiger partial charge in [0, 0.05) is 12.2 Å². The minimum Gasteiger partial charge on any atom is -0.425 e. The number of hydrogen-bond acceptors (Lipinski definition) is 12. The van der Waals surface area contributed by atoms with Gasteiger partial charge in [-0.2, -0.15) is 0 Å². The van der Waals surface area contributed by atoms with Crippen LogP contribution >= 0.6 is 0 Å². The molecule has 0 bridgehead atoms. The van der Waals surface area contributed by atoms with Gasteiger partial charge < -0.3 is 28.4 Å². The Morgan fingerprint density at radius 3 is 0.911 bits per heavy atom. The lowest BCUT2D eigenvalue weighted by atomic mass is 10.0. The van der Waals surface area contributed by atoms with Gasteiger partial charge in [0.25, 0.3) is 0 Å². The van der Waals surface area contributed by atoms with Gasteiger partial charge in [-0.25, -0.2) is 28.8 Å². The lowest BCUT2D eigenvalue weighted by molar-refractivity contribution is -0.147. The largest absolute Gasteiger partial charge is 0.425 e. The van der Waals surface area contributed by atoms with Crippen molar-refractivity contribution in [2.45, 2.75) is 0 Å². The number of hydrogen-bond donors (Lipinski definition) is 0. The van der Waals surface area contributed by atoms with Crippen molar-refractivity contribution in [2.24, 2.45) is 0 Å². The van der Waals surface area contributed by atoms with E-state index in [4.69, 9.17) is 18.9 Å². The second-order valence-corrected chi connectivity index (χ2v) is 8.97. The number of carbonyl (C=O) groups excluding carboxylic acids is 6. The SMILES string of the molecule is C=CC(=O)OCOC(=O)c1ccc2cc(C(=O)OCOC(=O)c3ccc4cc(C(=O)OCOC(=O)C=C)ccc4c3)ccc2c1. The summed E-state index contributed by atoms with van der Waals surface area (Å²) in [5, 5.41) is 2.51. The van der Waals surface area contributed by atoms with Crippen molar-refractivity contribution in [2.75, 3.05) is 20.4 Å². The van der Waals surface area contributed by atoms with E-state index in [0.717, 1.165) is 12.2 Å². The zero-order chi connectivity index (χ0) is 32.3. The Kier molecular flexibility index (Phi) is 10.4. The van der Waals surface area contributed by atoms with E-state index in [0.29, 0.717) is 21.5 Å². The van der Waals surface area contributed by atoms with Crippen LogP contribution in [-0.2, 0) is 38.0 Å². The van der Waals surface area contributed by atoms with Crippen molar-refractivity contribution in [1.82, 2.24) is 0 Å². The monoisotopic (exact) mass is 612 g/mol. The third-order valence-electron chi connectivity index (χ3n) is 6.12. The van der Waals surface area contributed by atoms with Crippen molar-refractivity contribution in [3.8, 4) is 0 Å². The lowest BCUT2D eigenvalue weighted by Gasteiger charge is -2.09. The Morgan fingerprint density at radius 1 is 0.422 bits per heavy atom. The van der Waals surface area contributed by atoms with Gasteiger partial charge in [0.15, 0.2) is 0 Å². The predicted octanol–water partition coefficient (Wildman–Crippen LogP) is 4.65. The van der Waals surface area contributed by atoms with E-state index in [2.05, 4.69) is 22.6 Å². The molecule has 0 aromatic heterocycles. The molecule has 4 aromatic carbocycles. The van der Waals surface area contributed by atoms with Gasteiger partial charge in [-0.3, -0.25) is 0 Å². The van der Waals surface area contributed by atoms with Crippen LogP contribution in [0.1, 0.15) is 41.4 Å². The summed E-state index contributed by atoms with van der Waals surface area (Å²) in [5.74, 6) is -4.35. The minimum atomic E-state index is -0.741. The Bertz CT molecular complexity index is 1710. The fourth-order valence-corrected chi connectivity index (χ4v) is 3.87. The van der Waals surface area contributed by atoms with Crippen LogP contribution in [0.25, 0.3) is 21.5 Å². The smallest absolute Gasteiger partial charge is 0.341 e. The maximum absolute atomic E-state index is 12.6. The number of benzene rings is 4. The Labute approximate surface area is 255 Å². The van der Waals surface area contributed by atoms with Crippen molar-refractivity contribution in [3.05, 3.63) is 120 Å². The van der Waals surface area contributed by atoms with E-state index in [1.165, 1.54) is 24.3 Å². The van der Waals surface area contributed by atoms with Crippen LogP contribution in [0, 0.1) is 0 Å². The predicted molar refractivity (Wildman–Crippen MR) is 157 cm³/mol. The van der Waals surface area contributed by atoms with Crippen molar-refractivity contribution in [1.29, 1.82) is 0 Å². The summed E-state index contributed by atoms with van der Waals surface area (Å²) in [4.78, 5) is 71.6. The highest BCUT2D eigenvalue weighted by Gasteiger charge is 2.15. The maximum atomic E-state index is 12.6. The summed E-state index contributed by atoms with van der Waals surface area (Å²) in [6.07, 6.45) is 1.89. The Morgan fingerprint density at radius 2 is 0.667 bits per heavy atom. The zero-order valence-corrected chi connectivity index (χ0v) is 23.5. The molecule has 0 heterocycles. The Hall–Kier alpha value is -6.30. The summed E-state index contributed by atoms with van der Waals surface area (Å²) in [7, 11) is 0. The molecule has 12 nitrogen and oxygen atoms in total. The molecular formula is C33H24O12. The minimum absolute atomic E-state index is 0.184. The molecule has 228 valence electrons. The van der Waals surface area contributed by atoms with Crippen LogP contribution in [0.15, 0.2) is 98.1 Å². The van der Waals surface area contributed by atoms with Gasteiger partial charge in [-0.05, 0) is 70.1 Å². The second kappa shape index (κ2) is 14.7. The molecule has 0 aliphatic heterocycles. The van der Waals surface area contributed by atoms with E-state index in [1.807, 2.05) is 0 Å². The van der Waals surface area contributed by atoms with E-state index in [9.17, 15) is 28.8 Å². The molecule has 0 unspecified atom stereocenters. The average Bonchev–Trinajstić information content (AvgIpc) is 3.06. The quantitative estimate of drug-likeness (QED) is 0.0945. The highest BCUT2D eigenvalue weighted by molar-refractivity contribution is 6.00. The fraction of sp³-hybridized carbons (Fsp3) is 0.0909. The third kappa shape index (κ3) is 8.38.